The summed E-state index contributed by atoms with van der Waals surface area (Å²) >= 11 is 17.0. The maximum Gasteiger partial charge on any atom is 0.262 e. The number of benzene rings is 1. The zero-order valence-electron chi connectivity index (χ0n) is 12.2. The number of thiocarbonyl (C=S) groups is 1. The Morgan fingerprint density at radius 1 is 1.36 bits per heavy atom. The molecule has 0 radical (unpaired) electrons. The number of carbonyl (C=O) groups excluding carboxylic acids is 1. The summed E-state index contributed by atoms with van der Waals surface area (Å²) in [7, 11) is 1.60. The summed E-state index contributed by atoms with van der Waals surface area (Å²) in [5.41, 5.74) is 5.60. The van der Waals surface area contributed by atoms with Gasteiger partial charge in [0.05, 0.1) is 6.61 Å². The molecule has 0 aliphatic heterocycles. The first-order valence-corrected chi connectivity index (χ1v) is 7.58. The maximum atomic E-state index is 11.7. The first kappa shape index (κ1) is 18.7. The van der Waals surface area contributed by atoms with Gasteiger partial charge < -0.3 is 10.1 Å². The fraction of sp³-hybridized carbons (Fsp3) is 0.286. The highest BCUT2D eigenvalue weighted by Gasteiger charge is 2.05. The van der Waals surface area contributed by atoms with Crippen molar-refractivity contribution in [2.75, 3.05) is 13.7 Å². The quantitative estimate of drug-likeness (QED) is 0.427. The molecule has 1 atom stereocenters. The van der Waals surface area contributed by atoms with Crippen molar-refractivity contribution < 1.29 is 9.53 Å². The summed E-state index contributed by atoms with van der Waals surface area (Å²) in [6, 6.07) is 5.15. The molecule has 8 heteroatoms. The van der Waals surface area contributed by atoms with E-state index >= 15 is 0 Å². The zero-order chi connectivity index (χ0) is 16.5. The molecule has 1 aromatic carbocycles. The fourth-order valence-electron chi connectivity index (χ4n) is 1.54. The minimum absolute atomic E-state index is 0.0272. The highest BCUT2D eigenvalue weighted by molar-refractivity contribution is 7.80. The topological polar surface area (TPSA) is 62.4 Å². The smallest absolute Gasteiger partial charge is 0.262 e. The molecule has 0 saturated heterocycles. The average Bonchev–Trinajstić information content (AvgIpc) is 2.44. The Bertz CT molecular complexity index is 547. The third-order valence-electron chi connectivity index (χ3n) is 2.49. The Morgan fingerprint density at radius 2 is 2.00 bits per heavy atom. The lowest BCUT2D eigenvalue weighted by Gasteiger charge is -2.15. The first-order chi connectivity index (χ1) is 10.4. The van der Waals surface area contributed by atoms with Crippen LogP contribution < -0.4 is 16.2 Å². The van der Waals surface area contributed by atoms with Gasteiger partial charge in [-0.2, -0.15) is 0 Å². The van der Waals surface area contributed by atoms with Crippen LogP contribution in [-0.2, 0) is 9.53 Å². The van der Waals surface area contributed by atoms with Gasteiger partial charge in [0, 0.05) is 34.8 Å². The van der Waals surface area contributed by atoms with E-state index < -0.39 is 0 Å². The van der Waals surface area contributed by atoms with E-state index in [-0.39, 0.29) is 11.9 Å². The maximum absolute atomic E-state index is 11.7. The van der Waals surface area contributed by atoms with Crippen LogP contribution in [-0.4, -0.2) is 30.8 Å². The Morgan fingerprint density at radius 3 is 2.59 bits per heavy atom. The monoisotopic (exact) mass is 361 g/mol. The predicted molar refractivity (Wildman–Crippen MR) is 93.8 cm³/mol. The lowest BCUT2D eigenvalue weighted by atomic mass is 10.2. The lowest BCUT2D eigenvalue weighted by molar-refractivity contribution is -0.116. The number of hydrogen-bond acceptors (Lipinski definition) is 3. The van der Waals surface area contributed by atoms with E-state index in [4.69, 9.17) is 40.2 Å². The van der Waals surface area contributed by atoms with Crippen LogP contribution in [0.25, 0.3) is 6.08 Å². The Balaban J connectivity index is 2.46. The Hall–Kier alpha value is -1.34. The van der Waals surface area contributed by atoms with Crippen LogP contribution in [0.5, 0.6) is 0 Å². The van der Waals surface area contributed by atoms with Crippen LogP contribution in [0.4, 0.5) is 0 Å². The van der Waals surface area contributed by atoms with Gasteiger partial charge in [0.15, 0.2) is 5.11 Å². The van der Waals surface area contributed by atoms with Gasteiger partial charge in [-0.05, 0) is 37.4 Å². The van der Waals surface area contributed by atoms with Crippen molar-refractivity contribution in [3.8, 4) is 0 Å². The minimum Gasteiger partial charge on any atom is -0.383 e. The van der Waals surface area contributed by atoms with Crippen molar-refractivity contribution in [2.45, 2.75) is 13.0 Å². The zero-order valence-corrected chi connectivity index (χ0v) is 14.5. The van der Waals surface area contributed by atoms with E-state index in [0.29, 0.717) is 27.3 Å². The molecule has 0 spiro atoms. The van der Waals surface area contributed by atoms with Gasteiger partial charge in [0.25, 0.3) is 5.91 Å². The second-order valence-electron chi connectivity index (χ2n) is 4.41. The molecule has 0 unspecified atom stereocenters. The van der Waals surface area contributed by atoms with Crippen molar-refractivity contribution >= 4 is 52.5 Å². The molecule has 0 aliphatic carbocycles. The molecule has 0 fully saturated rings. The average molecular weight is 362 g/mol. The van der Waals surface area contributed by atoms with Gasteiger partial charge in [-0.25, -0.2) is 0 Å². The number of ether oxygens (including phenoxy) is 1. The van der Waals surface area contributed by atoms with E-state index in [1.807, 2.05) is 6.92 Å². The van der Waals surface area contributed by atoms with Crippen molar-refractivity contribution in [1.82, 2.24) is 16.2 Å². The van der Waals surface area contributed by atoms with Gasteiger partial charge >= 0.3 is 0 Å². The van der Waals surface area contributed by atoms with E-state index in [0.717, 1.165) is 0 Å². The molecule has 0 aromatic heterocycles. The van der Waals surface area contributed by atoms with Crippen molar-refractivity contribution in [3.63, 3.8) is 0 Å². The summed E-state index contributed by atoms with van der Waals surface area (Å²) in [6.07, 6.45) is 2.84. The molecule has 1 rings (SSSR count). The number of hydrogen-bond donors (Lipinski definition) is 3. The van der Waals surface area contributed by atoms with Crippen LogP contribution >= 0.6 is 35.4 Å². The number of carbonyl (C=O) groups is 1. The van der Waals surface area contributed by atoms with E-state index in [9.17, 15) is 4.79 Å². The summed E-state index contributed by atoms with van der Waals surface area (Å²) in [5, 5.41) is 4.17. The van der Waals surface area contributed by atoms with Gasteiger partial charge in [0.1, 0.15) is 0 Å². The van der Waals surface area contributed by atoms with Crippen LogP contribution in [0.3, 0.4) is 0 Å². The molecule has 5 nitrogen and oxygen atoms in total. The van der Waals surface area contributed by atoms with Crippen LogP contribution in [0.2, 0.25) is 10.0 Å². The highest BCUT2D eigenvalue weighted by atomic mass is 35.5. The number of amides is 1. The molecular formula is C14H17Cl2N3O2S. The predicted octanol–water partition coefficient (Wildman–Crippen LogP) is 2.54. The SMILES string of the molecule is COC[C@@H](C)NC(=S)NNC(=O)/C=C/c1c(Cl)cccc1Cl. The van der Waals surface area contributed by atoms with Gasteiger partial charge in [-0.3, -0.25) is 15.6 Å². The molecule has 0 saturated carbocycles. The third kappa shape index (κ3) is 6.62. The molecule has 0 bridgehead atoms. The molecule has 0 heterocycles. The largest absolute Gasteiger partial charge is 0.383 e. The third-order valence-corrected chi connectivity index (χ3v) is 3.37. The van der Waals surface area contributed by atoms with Gasteiger partial charge in [0.2, 0.25) is 0 Å². The molecule has 1 aromatic rings. The molecular weight excluding hydrogens is 345 g/mol. The molecule has 22 heavy (non-hydrogen) atoms. The standard InChI is InChI=1S/C14H17Cl2N3O2S/c1-9(8-21-2)17-14(22)19-18-13(20)7-6-10-11(15)4-3-5-12(10)16/h3-7,9H,8H2,1-2H3,(H,18,20)(H2,17,19,22)/b7-6+/t9-/m1/s1. The van der Waals surface area contributed by atoms with E-state index in [2.05, 4.69) is 16.2 Å². The van der Waals surface area contributed by atoms with Crippen LogP contribution in [0.15, 0.2) is 24.3 Å². The molecule has 0 aliphatic rings. The summed E-state index contributed by atoms with van der Waals surface area (Å²) in [4.78, 5) is 11.7. The highest BCUT2D eigenvalue weighted by Crippen LogP contribution is 2.25. The Kier molecular flexibility index (Phi) is 8.19. The summed E-state index contributed by atoms with van der Waals surface area (Å²) in [6.45, 7) is 2.40. The second kappa shape index (κ2) is 9.63. The Labute approximate surface area is 145 Å². The summed E-state index contributed by atoms with van der Waals surface area (Å²) in [5.74, 6) is -0.389. The van der Waals surface area contributed by atoms with Crippen molar-refractivity contribution in [3.05, 3.63) is 39.9 Å². The number of nitrogens with one attached hydrogen (secondary N) is 3. The van der Waals surface area contributed by atoms with Crippen LogP contribution in [0, 0.1) is 0 Å². The number of hydrazine groups is 1. The molecule has 3 N–H and O–H groups in total. The van der Waals surface area contributed by atoms with E-state index in [1.165, 1.54) is 12.2 Å². The van der Waals surface area contributed by atoms with E-state index in [1.54, 1.807) is 25.3 Å². The summed E-state index contributed by atoms with van der Waals surface area (Å²) < 4.78 is 4.97. The lowest BCUT2D eigenvalue weighted by Crippen LogP contribution is -2.49. The first-order valence-electron chi connectivity index (χ1n) is 6.41. The van der Waals surface area contributed by atoms with Crippen molar-refractivity contribution in [2.24, 2.45) is 0 Å². The molecule has 120 valence electrons. The normalized spacial score (nSPS) is 12.0. The van der Waals surface area contributed by atoms with Gasteiger partial charge in [-0.1, -0.05) is 29.3 Å². The molecule has 1 amide bonds. The van der Waals surface area contributed by atoms with Crippen LogP contribution in [0.1, 0.15) is 12.5 Å². The number of rotatable bonds is 5. The number of halogens is 2. The number of methoxy groups -OCH3 is 1. The fourth-order valence-corrected chi connectivity index (χ4v) is 2.32. The minimum atomic E-state index is -0.389. The van der Waals surface area contributed by atoms with Gasteiger partial charge in [-0.15, -0.1) is 0 Å². The van der Waals surface area contributed by atoms with Crippen molar-refractivity contribution in [1.29, 1.82) is 0 Å². The second-order valence-corrected chi connectivity index (χ2v) is 5.64.